The van der Waals surface area contributed by atoms with E-state index in [1.54, 1.807) is 0 Å². The molecule has 0 amide bonds. The minimum atomic E-state index is 0.725. The highest BCUT2D eigenvalue weighted by molar-refractivity contribution is 6.04. The molecule has 3 heterocycles. The molecule has 2 aromatic carbocycles. The van der Waals surface area contributed by atoms with Crippen molar-refractivity contribution in [3.05, 3.63) is 53.8 Å². The summed E-state index contributed by atoms with van der Waals surface area (Å²) in [7, 11) is 2.13. The summed E-state index contributed by atoms with van der Waals surface area (Å²) < 4.78 is 14.9. The van der Waals surface area contributed by atoms with Gasteiger partial charge in [0.25, 0.3) is 11.2 Å². The largest absolute Gasteiger partial charge is 0.457 e. The molecule has 1 aliphatic carbocycles. The fourth-order valence-electron chi connectivity index (χ4n) is 5.34. The molecule has 3 nitrogen and oxygen atoms in total. The van der Waals surface area contributed by atoms with Crippen molar-refractivity contribution < 1.29 is 13.7 Å². The fraction of sp³-hybridized carbons (Fsp3) is 0.320. The van der Waals surface area contributed by atoms with Crippen molar-refractivity contribution >= 4 is 21.9 Å². The maximum Gasteiger partial charge on any atom is 0.257 e. The van der Waals surface area contributed by atoms with Crippen molar-refractivity contribution in [3.63, 3.8) is 0 Å². The number of pyridine rings is 1. The lowest BCUT2D eigenvalue weighted by molar-refractivity contribution is -0.633. The van der Waals surface area contributed by atoms with Gasteiger partial charge in [-0.1, -0.05) is 49.9 Å². The molecular weight excluding hydrogens is 346 g/mol. The number of benzene rings is 2. The minimum Gasteiger partial charge on any atom is -0.457 e. The average Bonchev–Trinajstić information content (AvgIpc) is 3.39. The van der Waals surface area contributed by atoms with Gasteiger partial charge in [0.2, 0.25) is 11.3 Å². The minimum absolute atomic E-state index is 0.725. The summed E-state index contributed by atoms with van der Waals surface area (Å²) in [5.41, 5.74) is 7.14. The standard InChI is InChI=1S/C25H24NO2/c1-15-10-11-17-8-5-9-20-22(17)21(15)23-25(28-20)18(14-16-6-3-4-7-16)24-19(26(23)2)12-13-27-24/h5,8-13,16H,3-4,6-7,14H2,1-2H3/q+1. The molecule has 3 heteroatoms. The molecular formula is C25H24NO2+. The number of hydrogen-bond donors (Lipinski definition) is 0. The Morgan fingerprint density at radius 3 is 2.79 bits per heavy atom. The van der Waals surface area contributed by atoms with E-state index >= 15 is 0 Å². The second-order valence-corrected chi connectivity index (χ2v) is 8.42. The molecule has 0 bridgehead atoms. The van der Waals surface area contributed by atoms with Crippen molar-refractivity contribution in [2.75, 3.05) is 0 Å². The molecule has 2 aromatic heterocycles. The molecule has 2 aliphatic rings. The summed E-state index contributed by atoms with van der Waals surface area (Å²) in [5, 5.41) is 2.45. The van der Waals surface area contributed by atoms with Crippen molar-refractivity contribution in [1.29, 1.82) is 0 Å². The summed E-state index contributed by atoms with van der Waals surface area (Å²) in [5.74, 6) is 2.68. The molecule has 0 spiro atoms. The first-order valence-corrected chi connectivity index (χ1v) is 10.3. The molecule has 6 rings (SSSR count). The van der Waals surface area contributed by atoms with Gasteiger partial charge < -0.3 is 9.15 Å². The van der Waals surface area contributed by atoms with Crippen LogP contribution in [-0.4, -0.2) is 0 Å². The third kappa shape index (κ3) is 2.13. The van der Waals surface area contributed by atoms with Gasteiger partial charge in [-0.3, -0.25) is 0 Å². The predicted octanol–water partition coefficient (Wildman–Crippen LogP) is 6.22. The molecule has 0 radical (unpaired) electrons. The molecule has 0 N–H and O–H groups in total. The number of rotatable bonds is 2. The number of nitrogens with zero attached hydrogens (tertiary/aromatic N) is 1. The third-order valence-electron chi connectivity index (χ3n) is 6.74. The first-order chi connectivity index (χ1) is 13.7. The van der Waals surface area contributed by atoms with Gasteiger partial charge in [0.1, 0.15) is 12.8 Å². The topological polar surface area (TPSA) is 26.2 Å². The lowest BCUT2D eigenvalue weighted by Crippen LogP contribution is -2.34. The zero-order chi connectivity index (χ0) is 18.8. The molecule has 140 valence electrons. The number of aryl methyl sites for hydroxylation is 2. The van der Waals surface area contributed by atoms with E-state index < -0.39 is 0 Å². The monoisotopic (exact) mass is 370 g/mol. The number of hydrogen-bond acceptors (Lipinski definition) is 2. The SMILES string of the molecule is Cc1ccc2cccc3c2c1-c1c(c(CC2CCCC2)c2occc2[n+]1C)O3. The Morgan fingerprint density at radius 1 is 1.07 bits per heavy atom. The van der Waals surface area contributed by atoms with E-state index in [2.05, 4.69) is 54.9 Å². The molecule has 0 atom stereocenters. The van der Waals surface area contributed by atoms with Crippen LogP contribution in [0.1, 0.15) is 36.8 Å². The second-order valence-electron chi connectivity index (χ2n) is 8.42. The molecule has 0 unspecified atom stereocenters. The normalized spacial score (nSPS) is 15.9. The average molecular weight is 370 g/mol. The van der Waals surface area contributed by atoms with Crippen molar-refractivity contribution in [3.8, 4) is 22.8 Å². The second kappa shape index (κ2) is 5.84. The summed E-state index contributed by atoms with van der Waals surface area (Å²) in [6.45, 7) is 2.21. The van der Waals surface area contributed by atoms with Crippen LogP contribution in [0.3, 0.4) is 0 Å². The number of fused-ring (bicyclic) bond motifs is 3. The van der Waals surface area contributed by atoms with Gasteiger partial charge in [0.15, 0.2) is 0 Å². The van der Waals surface area contributed by atoms with Gasteiger partial charge >= 0.3 is 0 Å². The Kier molecular flexibility index (Phi) is 3.37. The van der Waals surface area contributed by atoms with Gasteiger partial charge in [-0.2, -0.15) is 4.57 Å². The summed E-state index contributed by atoms with van der Waals surface area (Å²) in [6.07, 6.45) is 8.15. The Balaban J connectivity index is 1.72. The highest BCUT2D eigenvalue weighted by Crippen LogP contribution is 2.49. The van der Waals surface area contributed by atoms with Crippen LogP contribution >= 0.6 is 0 Å². The zero-order valence-corrected chi connectivity index (χ0v) is 16.4. The van der Waals surface area contributed by atoms with Gasteiger partial charge in [0.05, 0.1) is 17.4 Å². The van der Waals surface area contributed by atoms with Gasteiger partial charge in [-0.25, -0.2) is 0 Å². The van der Waals surface area contributed by atoms with E-state index in [1.807, 2.05) is 6.26 Å². The first kappa shape index (κ1) is 16.2. The quantitative estimate of drug-likeness (QED) is 0.345. The molecule has 28 heavy (non-hydrogen) atoms. The molecule has 1 aliphatic heterocycles. The summed E-state index contributed by atoms with van der Waals surface area (Å²) in [4.78, 5) is 0. The first-order valence-electron chi connectivity index (χ1n) is 10.3. The van der Waals surface area contributed by atoms with Crippen LogP contribution in [0.2, 0.25) is 0 Å². The van der Waals surface area contributed by atoms with E-state index in [0.29, 0.717) is 0 Å². The lowest BCUT2D eigenvalue weighted by Gasteiger charge is -2.23. The molecule has 4 aromatic rings. The van der Waals surface area contributed by atoms with E-state index in [4.69, 9.17) is 9.15 Å². The number of aromatic nitrogens is 1. The van der Waals surface area contributed by atoms with Crippen molar-refractivity contribution in [2.24, 2.45) is 13.0 Å². The van der Waals surface area contributed by atoms with E-state index in [-0.39, 0.29) is 0 Å². The van der Waals surface area contributed by atoms with Crippen molar-refractivity contribution in [2.45, 2.75) is 39.0 Å². The van der Waals surface area contributed by atoms with E-state index in [1.165, 1.54) is 58.8 Å². The van der Waals surface area contributed by atoms with Gasteiger partial charge in [-0.05, 0) is 36.3 Å². The van der Waals surface area contributed by atoms with E-state index in [9.17, 15) is 0 Å². The van der Waals surface area contributed by atoms with Gasteiger partial charge in [-0.15, -0.1) is 0 Å². The Morgan fingerprint density at radius 2 is 1.93 bits per heavy atom. The zero-order valence-electron chi connectivity index (χ0n) is 16.4. The maximum atomic E-state index is 6.62. The maximum absolute atomic E-state index is 6.62. The summed E-state index contributed by atoms with van der Waals surface area (Å²) >= 11 is 0. The van der Waals surface area contributed by atoms with Crippen LogP contribution in [0.5, 0.6) is 11.5 Å². The lowest BCUT2D eigenvalue weighted by atomic mass is 9.90. The fourth-order valence-corrected chi connectivity index (χ4v) is 5.34. The van der Waals surface area contributed by atoms with Crippen LogP contribution < -0.4 is 9.30 Å². The molecule has 1 fully saturated rings. The Hall–Kier alpha value is -2.81. The Bertz CT molecular complexity index is 1240. The number of ether oxygens (including phenoxy) is 1. The molecule has 1 saturated carbocycles. The highest BCUT2D eigenvalue weighted by atomic mass is 16.5. The summed E-state index contributed by atoms with van der Waals surface area (Å²) in [6, 6.07) is 12.9. The predicted molar refractivity (Wildman–Crippen MR) is 111 cm³/mol. The third-order valence-corrected chi connectivity index (χ3v) is 6.74. The number of furan rings is 1. The van der Waals surface area contributed by atoms with Crippen LogP contribution in [-0.2, 0) is 13.5 Å². The Labute approximate surface area is 164 Å². The van der Waals surface area contributed by atoms with Crippen LogP contribution in [0, 0.1) is 12.8 Å². The van der Waals surface area contributed by atoms with Crippen LogP contribution in [0.15, 0.2) is 47.1 Å². The van der Waals surface area contributed by atoms with E-state index in [0.717, 1.165) is 34.9 Å². The highest BCUT2D eigenvalue weighted by Gasteiger charge is 2.36. The van der Waals surface area contributed by atoms with Crippen LogP contribution in [0.4, 0.5) is 0 Å². The van der Waals surface area contributed by atoms with Crippen molar-refractivity contribution in [1.82, 2.24) is 0 Å². The smallest absolute Gasteiger partial charge is 0.257 e. The van der Waals surface area contributed by atoms with Crippen LogP contribution in [0.25, 0.3) is 33.1 Å². The molecule has 0 saturated heterocycles. The van der Waals surface area contributed by atoms with Gasteiger partial charge in [0, 0.05) is 11.5 Å².